The van der Waals surface area contributed by atoms with Crippen molar-refractivity contribution in [3.63, 3.8) is 0 Å². The van der Waals surface area contributed by atoms with E-state index in [1.54, 1.807) is 11.8 Å². The van der Waals surface area contributed by atoms with E-state index >= 15 is 0 Å². The van der Waals surface area contributed by atoms with E-state index in [-0.39, 0.29) is 5.91 Å². The van der Waals surface area contributed by atoms with E-state index in [4.69, 9.17) is 4.74 Å². The van der Waals surface area contributed by atoms with Crippen LogP contribution in [0.15, 0.2) is 0 Å². The summed E-state index contributed by atoms with van der Waals surface area (Å²) in [5, 5.41) is 6.77. The van der Waals surface area contributed by atoms with Gasteiger partial charge in [0.05, 0.1) is 12.4 Å². The molecule has 4 nitrogen and oxygen atoms in total. The smallest absolute Gasteiger partial charge is 0.230 e. The molecule has 1 fully saturated rings. The molecule has 1 amide bonds. The molecule has 0 aromatic carbocycles. The van der Waals surface area contributed by atoms with Crippen molar-refractivity contribution < 1.29 is 9.53 Å². The molecule has 1 saturated heterocycles. The minimum Gasteiger partial charge on any atom is -0.380 e. The maximum atomic E-state index is 11.5. The van der Waals surface area contributed by atoms with Gasteiger partial charge in [0, 0.05) is 24.4 Å². The van der Waals surface area contributed by atoms with Gasteiger partial charge in [-0.1, -0.05) is 13.8 Å². The van der Waals surface area contributed by atoms with Crippen LogP contribution in [0.4, 0.5) is 0 Å². The average molecular weight is 260 g/mol. The molecule has 2 unspecified atom stereocenters. The number of hydrogen-bond donors (Lipinski definition) is 2. The molecule has 17 heavy (non-hydrogen) atoms. The Labute approximate surface area is 108 Å². The molecule has 0 saturated carbocycles. The summed E-state index contributed by atoms with van der Waals surface area (Å²) in [5.41, 5.74) is 0. The van der Waals surface area contributed by atoms with Crippen molar-refractivity contribution in [2.75, 3.05) is 32.1 Å². The molecular weight excluding hydrogens is 236 g/mol. The van der Waals surface area contributed by atoms with Gasteiger partial charge in [-0.2, -0.15) is 0 Å². The fraction of sp³-hybridized carbons (Fsp3) is 0.917. The summed E-state index contributed by atoms with van der Waals surface area (Å²) in [6, 6.07) is 0.484. The second-order valence-electron chi connectivity index (χ2n) is 4.23. The zero-order chi connectivity index (χ0) is 12.5. The van der Waals surface area contributed by atoms with E-state index in [1.165, 1.54) is 0 Å². The first kappa shape index (κ1) is 14.8. The zero-order valence-electron chi connectivity index (χ0n) is 10.8. The molecule has 0 spiro atoms. The standard InChI is InChI=1S/C12H24N2O2S/c1-3-6-14-12(15)9-17-11-8-16-7-5-10(11)13-4-2/h10-11,13H,3-9H2,1-2H3,(H,14,15). The molecule has 2 N–H and O–H groups in total. The van der Waals surface area contributed by atoms with Crippen molar-refractivity contribution in [1.29, 1.82) is 0 Å². The first-order valence-corrected chi connectivity index (χ1v) is 7.52. The molecule has 0 aliphatic carbocycles. The molecule has 1 aliphatic rings. The van der Waals surface area contributed by atoms with Gasteiger partial charge in [0.2, 0.25) is 5.91 Å². The Bertz CT molecular complexity index is 225. The SMILES string of the molecule is CCCNC(=O)CSC1COCCC1NCC. The number of thioether (sulfide) groups is 1. The quantitative estimate of drug-likeness (QED) is 0.717. The fourth-order valence-corrected chi connectivity index (χ4v) is 2.99. The third-order valence-electron chi connectivity index (χ3n) is 2.77. The molecule has 5 heteroatoms. The van der Waals surface area contributed by atoms with Gasteiger partial charge < -0.3 is 15.4 Å². The number of carbonyl (C=O) groups excluding carboxylic acids is 1. The van der Waals surface area contributed by atoms with Gasteiger partial charge in [-0.05, 0) is 19.4 Å². The van der Waals surface area contributed by atoms with E-state index in [0.29, 0.717) is 17.0 Å². The zero-order valence-corrected chi connectivity index (χ0v) is 11.6. The lowest BCUT2D eigenvalue weighted by Gasteiger charge is -2.31. The van der Waals surface area contributed by atoms with Crippen molar-refractivity contribution in [3.8, 4) is 0 Å². The summed E-state index contributed by atoms with van der Waals surface area (Å²) < 4.78 is 5.48. The maximum absolute atomic E-state index is 11.5. The monoisotopic (exact) mass is 260 g/mol. The summed E-state index contributed by atoms with van der Waals surface area (Å²) in [6.07, 6.45) is 2.03. The van der Waals surface area contributed by atoms with Crippen molar-refractivity contribution in [2.45, 2.75) is 38.0 Å². The third kappa shape index (κ3) is 5.75. The lowest BCUT2D eigenvalue weighted by Crippen LogP contribution is -2.45. The van der Waals surface area contributed by atoms with Crippen LogP contribution in [0.1, 0.15) is 26.7 Å². The second kappa shape index (κ2) is 8.78. The van der Waals surface area contributed by atoms with Crippen LogP contribution in [0.25, 0.3) is 0 Å². The van der Waals surface area contributed by atoms with E-state index in [9.17, 15) is 4.79 Å². The fourth-order valence-electron chi connectivity index (χ4n) is 1.87. The number of ether oxygens (including phenoxy) is 1. The predicted molar refractivity (Wildman–Crippen MR) is 72.4 cm³/mol. The van der Waals surface area contributed by atoms with Gasteiger partial charge in [0.1, 0.15) is 0 Å². The highest BCUT2D eigenvalue weighted by molar-refractivity contribution is 8.00. The summed E-state index contributed by atoms with van der Waals surface area (Å²) in [7, 11) is 0. The first-order chi connectivity index (χ1) is 8.27. The minimum atomic E-state index is 0.137. The number of amides is 1. The topological polar surface area (TPSA) is 50.4 Å². The van der Waals surface area contributed by atoms with Crippen LogP contribution >= 0.6 is 11.8 Å². The normalized spacial score (nSPS) is 24.6. The molecule has 0 bridgehead atoms. The number of hydrogen-bond acceptors (Lipinski definition) is 4. The largest absolute Gasteiger partial charge is 0.380 e. The maximum Gasteiger partial charge on any atom is 0.230 e. The van der Waals surface area contributed by atoms with Crippen LogP contribution < -0.4 is 10.6 Å². The molecular formula is C12H24N2O2S. The number of carbonyl (C=O) groups is 1. The Hall–Kier alpha value is -0.260. The van der Waals surface area contributed by atoms with Crippen LogP contribution in [0.3, 0.4) is 0 Å². The summed E-state index contributed by atoms with van der Waals surface area (Å²) >= 11 is 1.70. The van der Waals surface area contributed by atoms with Gasteiger partial charge >= 0.3 is 0 Å². The Morgan fingerprint density at radius 1 is 1.47 bits per heavy atom. The molecule has 1 aliphatic heterocycles. The van der Waals surface area contributed by atoms with E-state index < -0.39 is 0 Å². The Morgan fingerprint density at radius 3 is 3.00 bits per heavy atom. The Balaban J connectivity index is 2.25. The van der Waals surface area contributed by atoms with E-state index in [0.717, 1.165) is 39.1 Å². The van der Waals surface area contributed by atoms with Crippen molar-refractivity contribution in [2.24, 2.45) is 0 Å². The number of nitrogens with one attached hydrogen (secondary N) is 2. The van der Waals surface area contributed by atoms with Gasteiger partial charge in [-0.25, -0.2) is 0 Å². The summed E-state index contributed by atoms with van der Waals surface area (Å²) in [6.45, 7) is 7.51. The van der Waals surface area contributed by atoms with Gasteiger partial charge in [-0.3, -0.25) is 4.79 Å². The van der Waals surface area contributed by atoms with Crippen molar-refractivity contribution in [1.82, 2.24) is 10.6 Å². The second-order valence-corrected chi connectivity index (χ2v) is 5.45. The van der Waals surface area contributed by atoms with Crippen LogP contribution in [0, 0.1) is 0 Å². The predicted octanol–water partition coefficient (Wildman–Crippen LogP) is 1.01. The number of rotatable bonds is 7. The van der Waals surface area contributed by atoms with Crippen LogP contribution in [0.2, 0.25) is 0 Å². The lowest BCUT2D eigenvalue weighted by atomic mass is 10.1. The highest BCUT2D eigenvalue weighted by Gasteiger charge is 2.25. The van der Waals surface area contributed by atoms with Gasteiger partial charge in [0.25, 0.3) is 0 Å². The average Bonchev–Trinajstić information content (AvgIpc) is 2.35. The van der Waals surface area contributed by atoms with Crippen LogP contribution in [0.5, 0.6) is 0 Å². The van der Waals surface area contributed by atoms with Gasteiger partial charge in [-0.15, -0.1) is 11.8 Å². The minimum absolute atomic E-state index is 0.137. The molecule has 1 heterocycles. The molecule has 0 aromatic rings. The molecule has 1 rings (SSSR count). The van der Waals surface area contributed by atoms with E-state index in [2.05, 4.69) is 24.5 Å². The van der Waals surface area contributed by atoms with Crippen molar-refractivity contribution in [3.05, 3.63) is 0 Å². The highest BCUT2D eigenvalue weighted by atomic mass is 32.2. The highest BCUT2D eigenvalue weighted by Crippen LogP contribution is 2.21. The van der Waals surface area contributed by atoms with Crippen molar-refractivity contribution >= 4 is 17.7 Å². The summed E-state index contributed by atoms with van der Waals surface area (Å²) in [4.78, 5) is 11.5. The van der Waals surface area contributed by atoms with E-state index in [1.807, 2.05) is 0 Å². The molecule has 0 aromatic heterocycles. The molecule has 0 radical (unpaired) electrons. The third-order valence-corrected chi connectivity index (χ3v) is 4.09. The molecule has 2 atom stereocenters. The lowest BCUT2D eigenvalue weighted by molar-refractivity contribution is -0.118. The van der Waals surface area contributed by atoms with Crippen LogP contribution in [-0.2, 0) is 9.53 Å². The molecule has 100 valence electrons. The Kier molecular flexibility index (Phi) is 7.64. The van der Waals surface area contributed by atoms with Gasteiger partial charge in [0.15, 0.2) is 0 Å². The summed E-state index contributed by atoms with van der Waals surface area (Å²) in [5.74, 6) is 0.674. The van der Waals surface area contributed by atoms with Crippen LogP contribution in [-0.4, -0.2) is 49.3 Å². The Morgan fingerprint density at radius 2 is 2.29 bits per heavy atom. The first-order valence-electron chi connectivity index (χ1n) is 6.47.